The van der Waals surface area contributed by atoms with Crippen LogP contribution in [-0.2, 0) is 4.74 Å². The number of hydrogen-bond acceptors (Lipinski definition) is 9. The Balaban J connectivity index is 1.18. The number of piperazine rings is 1. The number of ether oxygens (including phenoxy) is 1. The number of nitriles is 1. The SMILES string of the molecule is Cc1c(C2CN3CCN(CC(O)c4ccc(-n5cnnn5)nc4)C[C@H]3CO2)ccc(F)c1C#N. The van der Waals surface area contributed by atoms with Gasteiger partial charge in [0.25, 0.3) is 0 Å². The predicted octanol–water partition coefficient (Wildman–Crippen LogP) is 1.17. The van der Waals surface area contributed by atoms with E-state index in [0.717, 1.165) is 30.8 Å². The van der Waals surface area contributed by atoms with Crippen LogP contribution < -0.4 is 0 Å². The molecule has 2 aliphatic heterocycles. The molecule has 1 aromatic carbocycles. The molecule has 2 aromatic heterocycles. The second-order valence-corrected chi connectivity index (χ2v) is 8.70. The van der Waals surface area contributed by atoms with Crippen molar-refractivity contribution in [2.24, 2.45) is 0 Å². The first kappa shape index (κ1) is 22.5. The Morgan fingerprint density at radius 1 is 1.26 bits per heavy atom. The Labute approximate surface area is 196 Å². The van der Waals surface area contributed by atoms with Crippen molar-refractivity contribution in [3.8, 4) is 11.9 Å². The van der Waals surface area contributed by atoms with Gasteiger partial charge in [0.05, 0.1) is 24.4 Å². The van der Waals surface area contributed by atoms with E-state index in [0.29, 0.717) is 31.1 Å². The van der Waals surface area contributed by atoms with Gasteiger partial charge in [0.15, 0.2) is 5.82 Å². The van der Waals surface area contributed by atoms with Crippen LogP contribution in [0.2, 0.25) is 0 Å². The topological polar surface area (TPSA) is 116 Å². The second kappa shape index (κ2) is 9.52. The largest absolute Gasteiger partial charge is 0.387 e. The Morgan fingerprint density at radius 3 is 2.88 bits per heavy atom. The van der Waals surface area contributed by atoms with Crippen LogP contribution in [0.15, 0.2) is 36.8 Å². The normalized spacial score (nSPS) is 22.2. The van der Waals surface area contributed by atoms with Gasteiger partial charge >= 0.3 is 0 Å². The van der Waals surface area contributed by atoms with E-state index in [9.17, 15) is 14.8 Å². The van der Waals surface area contributed by atoms with Crippen LogP contribution in [0, 0.1) is 24.1 Å². The number of aliphatic hydroxyl groups is 1. The Morgan fingerprint density at radius 2 is 2.15 bits per heavy atom. The van der Waals surface area contributed by atoms with E-state index in [1.165, 1.54) is 17.1 Å². The quantitative estimate of drug-likeness (QED) is 0.594. The van der Waals surface area contributed by atoms with Crippen molar-refractivity contribution in [2.45, 2.75) is 25.2 Å². The van der Waals surface area contributed by atoms with Crippen molar-refractivity contribution in [1.82, 2.24) is 35.0 Å². The van der Waals surface area contributed by atoms with Crippen LogP contribution >= 0.6 is 0 Å². The maximum Gasteiger partial charge on any atom is 0.156 e. The molecule has 10 nitrogen and oxygen atoms in total. The van der Waals surface area contributed by atoms with Crippen LogP contribution in [0.1, 0.15) is 34.5 Å². The van der Waals surface area contributed by atoms with Crippen molar-refractivity contribution in [3.05, 3.63) is 64.9 Å². The fourth-order valence-electron chi connectivity index (χ4n) is 4.73. The van der Waals surface area contributed by atoms with E-state index in [1.807, 2.05) is 12.1 Å². The molecule has 0 saturated carbocycles. The van der Waals surface area contributed by atoms with Crippen molar-refractivity contribution in [1.29, 1.82) is 5.26 Å². The molecule has 4 heterocycles. The summed E-state index contributed by atoms with van der Waals surface area (Å²) < 4.78 is 21.5. The summed E-state index contributed by atoms with van der Waals surface area (Å²) in [6.45, 7) is 5.96. The van der Waals surface area contributed by atoms with E-state index < -0.39 is 11.9 Å². The number of tetrazole rings is 1. The van der Waals surface area contributed by atoms with Crippen LogP contribution in [0.3, 0.4) is 0 Å². The molecule has 2 fully saturated rings. The monoisotopic (exact) mass is 464 g/mol. The zero-order valence-corrected chi connectivity index (χ0v) is 18.7. The van der Waals surface area contributed by atoms with E-state index in [1.54, 1.807) is 25.3 Å². The lowest BCUT2D eigenvalue weighted by atomic mass is 9.96. The molecule has 11 heteroatoms. The maximum atomic E-state index is 13.9. The number of aromatic nitrogens is 5. The Kier molecular flexibility index (Phi) is 6.30. The number of nitrogens with zero attached hydrogens (tertiary/aromatic N) is 8. The van der Waals surface area contributed by atoms with Crippen LogP contribution in [0.4, 0.5) is 4.39 Å². The second-order valence-electron chi connectivity index (χ2n) is 8.70. The van der Waals surface area contributed by atoms with E-state index in [4.69, 9.17) is 4.74 Å². The van der Waals surface area contributed by atoms with Crippen molar-refractivity contribution < 1.29 is 14.2 Å². The summed E-state index contributed by atoms with van der Waals surface area (Å²) in [5.74, 6) is 0.0894. The van der Waals surface area contributed by atoms with E-state index in [2.05, 4.69) is 30.3 Å². The number of halogens is 1. The molecule has 0 radical (unpaired) electrons. The van der Waals surface area contributed by atoms with Gasteiger partial charge in [-0.25, -0.2) is 9.37 Å². The fourth-order valence-corrected chi connectivity index (χ4v) is 4.73. The molecule has 3 aromatic rings. The summed E-state index contributed by atoms with van der Waals surface area (Å²) >= 11 is 0. The number of pyridine rings is 1. The third-order valence-electron chi connectivity index (χ3n) is 6.66. The first-order valence-electron chi connectivity index (χ1n) is 11.2. The molecule has 5 rings (SSSR count). The van der Waals surface area contributed by atoms with Gasteiger partial charge in [-0.1, -0.05) is 12.1 Å². The van der Waals surface area contributed by atoms with Gasteiger partial charge in [0.1, 0.15) is 18.2 Å². The highest BCUT2D eigenvalue weighted by Crippen LogP contribution is 2.31. The number of β-amino-alcohol motifs (C(OH)–C–C–N with tert-alkyl or cyclic N) is 1. The highest BCUT2D eigenvalue weighted by atomic mass is 19.1. The number of rotatable bonds is 5. The molecule has 176 valence electrons. The number of fused-ring (bicyclic) bond motifs is 1. The van der Waals surface area contributed by atoms with Crippen molar-refractivity contribution in [3.63, 3.8) is 0 Å². The lowest BCUT2D eigenvalue weighted by Crippen LogP contribution is -2.58. The molecule has 1 N–H and O–H groups in total. The summed E-state index contributed by atoms with van der Waals surface area (Å²) in [4.78, 5) is 8.95. The predicted molar refractivity (Wildman–Crippen MR) is 118 cm³/mol. The average Bonchev–Trinajstić information content (AvgIpc) is 3.39. The number of benzene rings is 1. The molecule has 0 aliphatic carbocycles. The smallest absolute Gasteiger partial charge is 0.156 e. The molecule has 0 amide bonds. The molecular formula is C23H25FN8O2. The number of morpholine rings is 1. The fraction of sp³-hybridized carbons (Fsp3) is 0.435. The maximum absolute atomic E-state index is 13.9. The zero-order valence-electron chi connectivity index (χ0n) is 18.7. The van der Waals surface area contributed by atoms with Crippen LogP contribution in [0.25, 0.3) is 5.82 Å². The molecule has 2 unspecified atom stereocenters. The molecule has 3 atom stereocenters. The highest BCUT2D eigenvalue weighted by Gasteiger charge is 2.35. The minimum Gasteiger partial charge on any atom is -0.387 e. The van der Waals surface area contributed by atoms with E-state index >= 15 is 0 Å². The molecule has 2 aliphatic rings. The average molecular weight is 465 g/mol. The minimum atomic E-state index is -0.662. The van der Waals surface area contributed by atoms with Crippen LogP contribution in [-0.4, -0.2) is 85.5 Å². The first-order valence-corrected chi connectivity index (χ1v) is 11.2. The van der Waals surface area contributed by atoms with Gasteiger partial charge in [-0.05, 0) is 40.6 Å². The zero-order chi connectivity index (χ0) is 23.7. The molecule has 0 spiro atoms. The summed E-state index contributed by atoms with van der Waals surface area (Å²) in [6, 6.07) is 8.85. The number of aliphatic hydroxyl groups excluding tert-OH is 1. The van der Waals surface area contributed by atoms with Gasteiger partial charge in [-0.3, -0.25) is 9.80 Å². The highest BCUT2D eigenvalue weighted by molar-refractivity contribution is 5.44. The summed E-state index contributed by atoms with van der Waals surface area (Å²) in [5, 5.41) is 31.0. The third kappa shape index (κ3) is 4.41. The molecule has 0 bridgehead atoms. The van der Waals surface area contributed by atoms with E-state index in [-0.39, 0.29) is 17.7 Å². The summed E-state index contributed by atoms with van der Waals surface area (Å²) in [7, 11) is 0. The molecule has 2 saturated heterocycles. The van der Waals surface area contributed by atoms with Gasteiger partial charge in [0.2, 0.25) is 0 Å². The van der Waals surface area contributed by atoms with Gasteiger partial charge in [0, 0.05) is 50.5 Å². The lowest BCUT2D eigenvalue weighted by Gasteiger charge is -2.46. The summed E-state index contributed by atoms with van der Waals surface area (Å²) in [5.41, 5.74) is 2.33. The van der Waals surface area contributed by atoms with Gasteiger partial charge in [-0.2, -0.15) is 9.94 Å². The third-order valence-corrected chi connectivity index (χ3v) is 6.66. The molecular weight excluding hydrogens is 439 g/mol. The Bertz CT molecular complexity index is 1180. The molecule has 34 heavy (non-hydrogen) atoms. The van der Waals surface area contributed by atoms with Gasteiger partial charge < -0.3 is 9.84 Å². The lowest BCUT2D eigenvalue weighted by molar-refractivity contribution is -0.0939. The van der Waals surface area contributed by atoms with Crippen molar-refractivity contribution in [2.75, 3.05) is 39.3 Å². The van der Waals surface area contributed by atoms with Gasteiger partial charge in [-0.15, -0.1) is 5.10 Å². The standard InChI is InChI=1S/C23H25FN8O2/c1-15-18(3-4-20(24)19(15)8-25)22-12-31-7-6-30(10-17(31)13-34-22)11-21(33)16-2-5-23(26-9-16)32-14-27-28-29-32/h2-5,9,14,17,21-22,33H,6-7,10-13H2,1H3/t17-,21?,22?/m0/s1. The minimum absolute atomic E-state index is 0.0857. The van der Waals surface area contributed by atoms with Crippen molar-refractivity contribution >= 4 is 0 Å². The van der Waals surface area contributed by atoms with Crippen LogP contribution in [0.5, 0.6) is 0 Å². The summed E-state index contributed by atoms with van der Waals surface area (Å²) in [6.07, 6.45) is 2.26. The number of hydrogen-bond donors (Lipinski definition) is 1. The first-order chi connectivity index (χ1) is 16.5. The Hall–Kier alpha value is -3.30.